The van der Waals surface area contributed by atoms with Gasteiger partial charge in [-0.05, 0) is 45.9 Å². The number of hydrogen-bond acceptors (Lipinski definition) is 2. The van der Waals surface area contributed by atoms with E-state index in [1.807, 2.05) is 0 Å². The third-order valence-corrected chi connectivity index (χ3v) is 3.27. The van der Waals surface area contributed by atoms with Crippen LogP contribution in [0.5, 0.6) is 0 Å². The van der Waals surface area contributed by atoms with Crippen molar-refractivity contribution in [3.05, 3.63) is 27.7 Å². The molecule has 0 radical (unpaired) electrons. The molecule has 0 amide bonds. The van der Waals surface area contributed by atoms with Gasteiger partial charge in [0.2, 0.25) is 0 Å². The van der Waals surface area contributed by atoms with Crippen molar-refractivity contribution in [3.63, 3.8) is 0 Å². The van der Waals surface area contributed by atoms with E-state index in [0.717, 1.165) is 4.47 Å². The van der Waals surface area contributed by atoms with E-state index in [1.165, 1.54) is 0 Å². The predicted molar refractivity (Wildman–Crippen MR) is 66.2 cm³/mol. The van der Waals surface area contributed by atoms with Gasteiger partial charge >= 0.3 is 5.51 Å². The van der Waals surface area contributed by atoms with Gasteiger partial charge in [-0.2, -0.15) is 13.2 Å². The molecule has 0 spiro atoms. The van der Waals surface area contributed by atoms with Crippen molar-refractivity contribution in [1.29, 1.82) is 0 Å². The molecule has 1 rings (SSSR count). The lowest BCUT2D eigenvalue weighted by atomic mass is 10.3. The van der Waals surface area contributed by atoms with Crippen LogP contribution in [0.15, 0.2) is 22.7 Å². The molecule has 90 valence electrons. The van der Waals surface area contributed by atoms with Crippen LogP contribution in [0.2, 0.25) is 5.02 Å². The normalized spacial score (nSPS) is 11.6. The van der Waals surface area contributed by atoms with Gasteiger partial charge in [0, 0.05) is 27.5 Å². The fraction of sp³-hybridized carbons (Fsp3) is 0.333. The molecule has 0 aliphatic carbocycles. The van der Waals surface area contributed by atoms with Crippen molar-refractivity contribution in [2.45, 2.75) is 5.51 Å². The van der Waals surface area contributed by atoms with Crippen molar-refractivity contribution in [2.75, 3.05) is 17.6 Å². The second kappa shape index (κ2) is 6.02. The molecule has 1 aromatic rings. The second-order valence-electron chi connectivity index (χ2n) is 2.85. The number of anilines is 1. The Balaban J connectivity index is 2.40. The van der Waals surface area contributed by atoms with Crippen molar-refractivity contribution in [3.8, 4) is 0 Å². The molecule has 1 nitrogen and oxygen atoms in total. The van der Waals surface area contributed by atoms with Gasteiger partial charge < -0.3 is 5.32 Å². The number of rotatable bonds is 4. The fourth-order valence-corrected chi connectivity index (χ4v) is 1.98. The average Bonchev–Trinajstić information content (AvgIpc) is 2.16. The minimum absolute atomic E-state index is 0.0392. The summed E-state index contributed by atoms with van der Waals surface area (Å²) in [7, 11) is 0. The SMILES string of the molecule is FC(F)(F)SCCNc1cc(Cl)ccc1Br. The number of alkyl halides is 3. The summed E-state index contributed by atoms with van der Waals surface area (Å²) in [6.45, 7) is 0.225. The van der Waals surface area contributed by atoms with E-state index in [4.69, 9.17) is 11.6 Å². The molecule has 0 aliphatic rings. The molecule has 0 aliphatic heterocycles. The maximum absolute atomic E-state index is 11.8. The third kappa shape index (κ3) is 5.32. The molecule has 1 N–H and O–H groups in total. The molecule has 0 saturated carbocycles. The van der Waals surface area contributed by atoms with Gasteiger partial charge in [0.05, 0.1) is 0 Å². The van der Waals surface area contributed by atoms with Crippen molar-refractivity contribution in [2.24, 2.45) is 0 Å². The molecule has 0 atom stereocenters. The van der Waals surface area contributed by atoms with E-state index in [2.05, 4.69) is 21.2 Å². The number of nitrogens with one attached hydrogen (secondary N) is 1. The van der Waals surface area contributed by atoms with Gasteiger partial charge in [-0.15, -0.1) is 0 Å². The first-order valence-electron chi connectivity index (χ1n) is 4.28. The summed E-state index contributed by atoms with van der Waals surface area (Å²) in [6, 6.07) is 5.09. The Kier molecular flexibility index (Phi) is 5.27. The molecule has 16 heavy (non-hydrogen) atoms. The molecular formula is C9H8BrClF3NS. The molecule has 7 heteroatoms. The zero-order valence-electron chi connectivity index (χ0n) is 7.94. The topological polar surface area (TPSA) is 12.0 Å². The average molecular weight is 335 g/mol. The van der Waals surface area contributed by atoms with Gasteiger partial charge in [0.15, 0.2) is 0 Å². The Morgan fingerprint density at radius 1 is 1.38 bits per heavy atom. The highest BCUT2D eigenvalue weighted by molar-refractivity contribution is 9.10. The summed E-state index contributed by atoms with van der Waals surface area (Å²) in [5, 5.41) is 3.41. The summed E-state index contributed by atoms with van der Waals surface area (Å²) >= 11 is 8.98. The molecule has 0 heterocycles. The molecule has 0 bridgehead atoms. The van der Waals surface area contributed by atoms with E-state index in [9.17, 15) is 13.2 Å². The fourth-order valence-electron chi connectivity index (χ4n) is 0.985. The maximum Gasteiger partial charge on any atom is 0.441 e. The van der Waals surface area contributed by atoms with Crippen LogP contribution >= 0.6 is 39.3 Å². The molecule has 0 aromatic heterocycles. The Morgan fingerprint density at radius 3 is 2.69 bits per heavy atom. The highest BCUT2D eigenvalue weighted by Gasteiger charge is 2.27. The van der Waals surface area contributed by atoms with Gasteiger partial charge in [-0.1, -0.05) is 11.6 Å². The van der Waals surface area contributed by atoms with Crippen LogP contribution in [0.1, 0.15) is 0 Å². The van der Waals surface area contributed by atoms with Gasteiger partial charge in [-0.25, -0.2) is 0 Å². The first-order chi connectivity index (χ1) is 7.38. The van der Waals surface area contributed by atoms with E-state index in [0.29, 0.717) is 10.7 Å². The zero-order valence-corrected chi connectivity index (χ0v) is 11.1. The summed E-state index contributed by atoms with van der Waals surface area (Å²) in [6.07, 6.45) is 0. The summed E-state index contributed by atoms with van der Waals surface area (Å²) in [4.78, 5) is 0. The lowest BCUT2D eigenvalue weighted by Crippen LogP contribution is -2.09. The summed E-state index contributed by atoms with van der Waals surface area (Å²) in [5.74, 6) is -0.0392. The van der Waals surface area contributed by atoms with Gasteiger partial charge in [0.25, 0.3) is 0 Å². The number of thioether (sulfide) groups is 1. The quantitative estimate of drug-likeness (QED) is 0.796. The first kappa shape index (κ1) is 14.0. The van der Waals surface area contributed by atoms with E-state index >= 15 is 0 Å². The highest BCUT2D eigenvalue weighted by atomic mass is 79.9. The second-order valence-corrected chi connectivity index (χ2v) is 5.30. The zero-order chi connectivity index (χ0) is 12.2. The lowest BCUT2D eigenvalue weighted by Gasteiger charge is -2.09. The van der Waals surface area contributed by atoms with Crippen molar-refractivity contribution < 1.29 is 13.2 Å². The maximum atomic E-state index is 11.8. The Labute approximate surface area is 109 Å². The molecule has 0 unspecified atom stereocenters. The van der Waals surface area contributed by atoms with Gasteiger partial charge in [0.1, 0.15) is 0 Å². The standard InChI is InChI=1S/C9H8BrClF3NS/c10-7-2-1-6(11)5-8(7)15-3-4-16-9(12,13)14/h1-2,5,15H,3-4H2. The lowest BCUT2D eigenvalue weighted by molar-refractivity contribution is -0.0327. The summed E-state index contributed by atoms with van der Waals surface area (Å²) < 4.78 is 36.3. The number of halogens is 5. The largest absolute Gasteiger partial charge is 0.441 e. The minimum atomic E-state index is -4.17. The number of hydrogen-bond donors (Lipinski definition) is 1. The monoisotopic (exact) mass is 333 g/mol. The van der Waals surface area contributed by atoms with Crippen molar-refractivity contribution >= 4 is 45.0 Å². The van der Waals surface area contributed by atoms with Gasteiger partial charge in [-0.3, -0.25) is 0 Å². The van der Waals surface area contributed by atoms with E-state index < -0.39 is 5.51 Å². The Bertz CT molecular complexity index is 359. The molecule has 0 fully saturated rings. The highest BCUT2D eigenvalue weighted by Crippen LogP contribution is 2.30. The predicted octanol–water partition coefficient (Wildman–Crippen LogP) is 4.77. The van der Waals surface area contributed by atoms with Crippen LogP contribution < -0.4 is 5.32 Å². The van der Waals surface area contributed by atoms with Crippen LogP contribution in [-0.2, 0) is 0 Å². The minimum Gasteiger partial charge on any atom is -0.383 e. The van der Waals surface area contributed by atoms with E-state index in [-0.39, 0.29) is 24.1 Å². The van der Waals surface area contributed by atoms with Crippen LogP contribution in [0.25, 0.3) is 0 Å². The Hall–Kier alpha value is -0.0700. The Morgan fingerprint density at radius 2 is 2.06 bits per heavy atom. The van der Waals surface area contributed by atoms with Crippen LogP contribution in [0.3, 0.4) is 0 Å². The summed E-state index contributed by atoms with van der Waals surface area (Å²) in [5.41, 5.74) is -3.48. The molecule has 1 aromatic carbocycles. The van der Waals surface area contributed by atoms with Crippen LogP contribution in [0, 0.1) is 0 Å². The van der Waals surface area contributed by atoms with Crippen LogP contribution in [-0.4, -0.2) is 17.8 Å². The van der Waals surface area contributed by atoms with Crippen molar-refractivity contribution in [1.82, 2.24) is 0 Å². The number of benzene rings is 1. The first-order valence-corrected chi connectivity index (χ1v) is 6.44. The van der Waals surface area contributed by atoms with E-state index in [1.54, 1.807) is 18.2 Å². The molecule has 0 saturated heterocycles. The third-order valence-electron chi connectivity index (χ3n) is 1.61. The molecular weight excluding hydrogens is 327 g/mol. The van der Waals surface area contributed by atoms with Crippen LogP contribution in [0.4, 0.5) is 18.9 Å². The smallest absolute Gasteiger partial charge is 0.383 e.